The molecule has 474 valence electrons. The molecule has 4 aromatic carbocycles. The summed E-state index contributed by atoms with van der Waals surface area (Å²) >= 11 is 26.2. The zero-order valence-electron chi connectivity index (χ0n) is 48.9. The molecule has 2 fully saturated rings. The van der Waals surface area contributed by atoms with Crippen LogP contribution in [0.15, 0.2) is 82.6 Å². The number of carbonyl (C=O) groups excluding carboxylic acids is 2. The normalized spacial score (nSPS) is 20.7. The largest absolute Gasteiger partial charge is 0.484 e. The fourth-order valence-corrected chi connectivity index (χ4v) is 14.8. The minimum absolute atomic E-state index is 0.0676. The maximum absolute atomic E-state index is 13.1. The molecule has 20 nitrogen and oxygen atoms in total. The van der Waals surface area contributed by atoms with Crippen molar-refractivity contribution in [1.82, 2.24) is 40.5 Å². The van der Waals surface area contributed by atoms with Crippen molar-refractivity contribution in [2.75, 3.05) is 105 Å². The average Bonchev–Trinajstić information content (AvgIpc) is 1.98. The van der Waals surface area contributed by atoms with Crippen molar-refractivity contribution in [2.45, 2.75) is 124 Å². The summed E-state index contributed by atoms with van der Waals surface area (Å²) in [5.41, 5.74) is 4.01. The number of piperidine rings is 2. The van der Waals surface area contributed by atoms with Crippen molar-refractivity contribution >= 4 is 78.5 Å². The second-order valence-corrected chi connectivity index (χ2v) is 27.2. The summed E-state index contributed by atoms with van der Waals surface area (Å²) in [7, 11) is -7.60. The smallest absolute Gasteiger partial charge is 0.314 e. The number of hydrogen-bond acceptors (Lipinski definition) is 14. The van der Waals surface area contributed by atoms with Crippen molar-refractivity contribution in [3.63, 3.8) is 0 Å². The second kappa shape index (κ2) is 33.5. The lowest BCUT2D eigenvalue weighted by Gasteiger charge is -2.40. The lowest BCUT2D eigenvalue weighted by molar-refractivity contribution is 0.0343. The number of nitrogens with zero attached hydrogens (tertiary/aromatic N) is 2. The number of amides is 4. The third kappa shape index (κ3) is 19.6. The molecular formula is C60H82Cl4N8O12S2. The Hall–Kier alpha value is -4.24. The van der Waals surface area contributed by atoms with Crippen molar-refractivity contribution < 1.29 is 54.8 Å². The number of carbonyl (C=O) groups is 2. The van der Waals surface area contributed by atoms with Gasteiger partial charge in [0.2, 0.25) is 20.0 Å². The van der Waals surface area contributed by atoms with Crippen LogP contribution in [0, 0.1) is 0 Å². The van der Waals surface area contributed by atoms with Crippen LogP contribution in [0.25, 0.3) is 0 Å². The minimum Gasteiger partial charge on any atom is -0.484 e. The van der Waals surface area contributed by atoms with E-state index in [2.05, 4.69) is 54.4 Å². The molecule has 6 atom stereocenters. The predicted molar refractivity (Wildman–Crippen MR) is 333 cm³/mol. The molecule has 0 unspecified atom stereocenters. The maximum atomic E-state index is 13.1. The van der Waals surface area contributed by atoms with Gasteiger partial charge in [0.05, 0.1) is 74.7 Å². The Balaban J connectivity index is 0.582. The molecule has 4 amide bonds. The van der Waals surface area contributed by atoms with Crippen LogP contribution in [-0.2, 0) is 51.8 Å². The topological polar surface area (TPSA) is 236 Å². The standard InChI is InChI=1S/C60H82Cl4N8O12S2/c1-41-9-3-7-25-71(41)55-39-49-51(35-43(61)37-53(49)63)57(55)83-45-11-15-47(16-12-45)85(75,76)69-23-29-81-33-31-79-27-21-67-59(73)65-19-5-6-20-66-60(74)68-22-28-80-32-34-82-30-24-70-86(77,78)48-17-13-46(14-18-48)84-58-52-36-44(62)38-54(64)50(52)40-56(58)72-26-8-4-10-42(72)2/h11-18,35-38,41-42,55-58,69-70H,3-10,19-34,39-40H2,1-2H3,(H2,65,67,73)(H2,66,68,74)/t41-,42-,55+,56+,57+,58+/m1/s1. The van der Waals surface area contributed by atoms with Gasteiger partial charge in [0.25, 0.3) is 0 Å². The molecule has 2 aliphatic carbocycles. The zero-order chi connectivity index (χ0) is 61.1. The molecular weight excluding hydrogens is 1230 g/mol. The number of rotatable bonds is 33. The number of likely N-dealkylation sites (tertiary alicyclic amines) is 2. The molecule has 2 saturated heterocycles. The number of sulfonamides is 2. The van der Waals surface area contributed by atoms with E-state index in [1.54, 1.807) is 36.4 Å². The van der Waals surface area contributed by atoms with E-state index >= 15 is 0 Å². The summed E-state index contributed by atoms with van der Waals surface area (Å²) in [5.74, 6) is 1.10. The van der Waals surface area contributed by atoms with Gasteiger partial charge in [-0.05, 0) is 162 Å². The number of unbranched alkanes of at least 4 members (excludes halogenated alkanes) is 1. The van der Waals surface area contributed by atoms with E-state index in [9.17, 15) is 26.4 Å². The summed E-state index contributed by atoms with van der Waals surface area (Å²) in [5, 5.41) is 13.3. The average molecular weight is 1310 g/mol. The summed E-state index contributed by atoms with van der Waals surface area (Å²) in [6.45, 7) is 9.81. The minimum atomic E-state index is -3.80. The van der Waals surface area contributed by atoms with Crippen molar-refractivity contribution in [3.8, 4) is 11.5 Å². The summed E-state index contributed by atoms with van der Waals surface area (Å²) < 4.78 is 92.7. The van der Waals surface area contributed by atoms with E-state index in [1.165, 1.54) is 37.1 Å². The van der Waals surface area contributed by atoms with Gasteiger partial charge in [-0.3, -0.25) is 9.80 Å². The number of ether oxygens (including phenoxy) is 6. The Morgan fingerprint density at radius 1 is 0.488 bits per heavy atom. The van der Waals surface area contributed by atoms with Gasteiger partial charge in [-0.15, -0.1) is 0 Å². The lowest BCUT2D eigenvalue weighted by Crippen LogP contribution is -2.47. The van der Waals surface area contributed by atoms with Crippen LogP contribution in [0.1, 0.15) is 99.7 Å². The number of hydrogen-bond donors (Lipinski definition) is 6. The Kier molecular flexibility index (Phi) is 26.4. The molecule has 86 heavy (non-hydrogen) atoms. The van der Waals surface area contributed by atoms with Crippen molar-refractivity contribution in [1.29, 1.82) is 0 Å². The molecule has 0 spiro atoms. The summed E-state index contributed by atoms with van der Waals surface area (Å²) in [6, 6.07) is 20.5. The first kappa shape index (κ1) is 67.7. The first-order valence-electron chi connectivity index (χ1n) is 29.8. The van der Waals surface area contributed by atoms with Crippen LogP contribution in [-0.4, -0.2) is 168 Å². The highest BCUT2D eigenvalue weighted by molar-refractivity contribution is 7.89. The molecule has 0 saturated carbocycles. The van der Waals surface area contributed by atoms with Gasteiger partial charge in [-0.1, -0.05) is 59.2 Å². The highest BCUT2D eigenvalue weighted by atomic mass is 35.5. The number of halogens is 4. The van der Waals surface area contributed by atoms with Crippen LogP contribution in [0.4, 0.5) is 9.59 Å². The van der Waals surface area contributed by atoms with Crippen LogP contribution >= 0.6 is 46.4 Å². The van der Waals surface area contributed by atoms with E-state index < -0.39 is 20.0 Å². The highest BCUT2D eigenvalue weighted by Gasteiger charge is 2.43. The molecule has 26 heteroatoms. The summed E-state index contributed by atoms with van der Waals surface area (Å²) in [6.07, 6.45) is 9.07. The molecule has 8 rings (SSSR count). The first-order chi connectivity index (χ1) is 41.5. The van der Waals surface area contributed by atoms with E-state index in [0.29, 0.717) is 69.6 Å². The molecule has 4 aromatic rings. The van der Waals surface area contributed by atoms with Crippen LogP contribution in [0.3, 0.4) is 0 Å². The Labute approximate surface area is 526 Å². The van der Waals surface area contributed by atoms with Gasteiger partial charge in [0.1, 0.15) is 23.7 Å². The molecule has 6 N–H and O–H groups in total. The molecule has 0 radical (unpaired) electrons. The first-order valence-corrected chi connectivity index (χ1v) is 34.3. The van der Waals surface area contributed by atoms with E-state index in [4.69, 9.17) is 74.8 Å². The van der Waals surface area contributed by atoms with Crippen molar-refractivity contribution in [2.24, 2.45) is 0 Å². The van der Waals surface area contributed by atoms with Crippen LogP contribution in [0.2, 0.25) is 20.1 Å². The molecule has 2 heterocycles. The molecule has 2 aliphatic heterocycles. The number of nitrogens with one attached hydrogen (secondary N) is 6. The van der Waals surface area contributed by atoms with Crippen molar-refractivity contribution in [3.05, 3.63) is 115 Å². The second-order valence-electron chi connectivity index (χ2n) is 22.0. The molecule has 0 bridgehead atoms. The highest BCUT2D eigenvalue weighted by Crippen LogP contribution is 2.46. The fraction of sp³-hybridized carbons (Fsp3) is 0.567. The lowest BCUT2D eigenvalue weighted by atomic mass is 9.99. The third-order valence-electron chi connectivity index (χ3n) is 15.9. The number of urea groups is 2. The van der Waals surface area contributed by atoms with Gasteiger partial charge < -0.3 is 49.7 Å². The van der Waals surface area contributed by atoms with Gasteiger partial charge in [-0.2, -0.15) is 0 Å². The third-order valence-corrected chi connectivity index (χ3v) is 20.0. The number of benzene rings is 4. The van der Waals surface area contributed by atoms with Crippen LogP contribution < -0.4 is 40.2 Å². The SMILES string of the molecule is C[C@@H]1CCCCN1[C@H]1Cc2c(Cl)cc(Cl)cc2[C@@H]1Oc1ccc(S(=O)(=O)NCCOCCOCCNC(=O)NCCCCNC(=O)NCCOCCOCCNS(=O)(=O)c2ccc(O[C@H]3c4cc(Cl)cc(Cl)c4C[C@@H]3N3CCCC[C@H]3C)cc2)cc1. The Morgan fingerprint density at radius 3 is 1.22 bits per heavy atom. The van der Waals surface area contributed by atoms with Gasteiger partial charge in [-0.25, -0.2) is 35.9 Å². The van der Waals surface area contributed by atoms with Gasteiger partial charge in [0, 0.05) is 82.6 Å². The van der Waals surface area contributed by atoms with E-state index in [1.807, 2.05) is 12.1 Å². The maximum Gasteiger partial charge on any atom is 0.314 e. The molecule has 0 aromatic heterocycles. The molecule has 4 aliphatic rings. The Morgan fingerprint density at radius 2 is 0.849 bits per heavy atom. The monoisotopic (exact) mass is 1310 g/mol. The summed E-state index contributed by atoms with van der Waals surface area (Å²) in [4.78, 5) is 29.5. The quantitative estimate of drug-likeness (QED) is 0.0245. The Bertz CT molecular complexity index is 2860. The van der Waals surface area contributed by atoms with Gasteiger partial charge >= 0.3 is 12.1 Å². The number of fused-ring (bicyclic) bond motifs is 2. The van der Waals surface area contributed by atoms with Crippen LogP contribution in [0.5, 0.6) is 11.5 Å². The van der Waals surface area contributed by atoms with E-state index in [-0.39, 0.29) is 125 Å². The fourth-order valence-electron chi connectivity index (χ4n) is 11.6. The predicted octanol–water partition coefficient (Wildman–Crippen LogP) is 8.84. The zero-order valence-corrected chi connectivity index (χ0v) is 53.6. The van der Waals surface area contributed by atoms with E-state index in [0.717, 1.165) is 73.9 Å². The van der Waals surface area contributed by atoms with Gasteiger partial charge in [0.15, 0.2) is 0 Å².